The van der Waals surface area contributed by atoms with E-state index in [4.69, 9.17) is 21.1 Å². The van der Waals surface area contributed by atoms with Crippen molar-refractivity contribution in [3.8, 4) is 5.75 Å². The fraction of sp³-hybridized carbons (Fsp3) is 0.154. The van der Waals surface area contributed by atoms with E-state index in [1.165, 1.54) is 6.08 Å². The lowest BCUT2D eigenvalue weighted by Gasteiger charge is -2.09. The second-order valence-corrected chi connectivity index (χ2v) is 7.73. The molecule has 164 valence electrons. The number of halogens is 1. The van der Waals surface area contributed by atoms with Crippen molar-refractivity contribution in [2.75, 3.05) is 11.9 Å². The molecule has 0 spiro atoms. The highest BCUT2D eigenvalue weighted by molar-refractivity contribution is 6.30. The number of esters is 1. The molecule has 1 amide bonds. The molecule has 0 unspecified atom stereocenters. The first-order chi connectivity index (χ1) is 15.4. The minimum Gasteiger partial charge on any atom is -0.489 e. The Kier molecular flexibility index (Phi) is 8.06. The molecular weight excluding hydrogens is 426 g/mol. The van der Waals surface area contributed by atoms with Crippen molar-refractivity contribution >= 4 is 35.2 Å². The summed E-state index contributed by atoms with van der Waals surface area (Å²) in [4.78, 5) is 23.9. The van der Waals surface area contributed by atoms with Gasteiger partial charge in [0.1, 0.15) is 12.4 Å². The summed E-state index contributed by atoms with van der Waals surface area (Å²) >= 11 is 5.88. The zero-order valence-electron chi connectivity index (χ0n) is 17.9. The highest BCUT2D eigenvalue weighted by Gasteiger charge is 2.07. The third-order valence-corrected chi connectivity index (χ3v) is 4.86. The number of hydrogen-bond donors (Lipinski definition) is 1. The van der Waals surface area contributed by atoms with Crippen LogP contribution in [-0.2, 0) is 20.9 Å². The zero-order chi connectivity index (χ0) is 22.9. The average Bonchev–Trinajstić information content (AvgIpc) is 2.78. The number of carbonyl (C=O) groups is 2. The minimum atomic E-state index is -0.594. The first kappa shape index (κ1) is 23.1. The van der Waals surface area contributed by atoms with Gasteiger partial charge in [0, 0.05) is 16.8 Å². The number of hydrogen-bond acceptors (Lipinski definition) is 4. The molecule has 3 rings (SSSR count). The van der Waals surface area contributed by atoms with Crippen LogP contribution in [0.4, 0.5) is 5.69 Å². The summed E-state index contributed by atoms with van der Waals surface area (Å²) in [5.41, 5.74) is 4.58. The van der Waals surface area contributed by atoms with Gasteiger partial charge in [-0.15, -0.1) is 0 Å². The van der Waals surface area contributed by atoms with Gasteiger partial charge in [-0.25, -0.2) is 4.79 Å². The van der Waals surface area contributed by atoms with E-state index in [1.807, 2.05) is 80.6 Å². The number of rotatable bonds is 8. The summed E-state index contributed by atoms with van der Waals surface area (Å²) in [6.07, 6.45) is 2.90. The van der Waals surface area contributed by atoms with Gasteiger partial charge in [-0.3, -0.25) is 4.79 Å². The number of benzene rings is 3. The van der Waals surface area contributed by atoms with Crippen LogP contribution < -0.4 is 10.1 Å². The number of carbonyl (C=O) groups excluding carboxylic acids is 2. The molecule has 32 heavy (non-hydrogen) atoms. The van der Waals surface area contributed by atoms with Gasteiger partial charge in [-0.1, -0.05) is 53.6 Å². The molecule has 0 atom stereocenters. The minimum absolute atomic E-state index is 0.353. The molecule has 1 N–H and O–H groups in total. The standard InChI is InChI=1S/C26H24ClNO4/c1-18-3-13-24(19(2)15-18)28-25(29)17-32-26(30)14-8-20-6-11-23(12-7-20)31-16-21-4-9-22(27)10-5-21/h3-15H,16-17H2,1-2H3,(H,28,29)/b14-8+. The molecule has 3 aromatic carbocycles. The van der Waals surface area contributed by atoms with E-state index in [0.29, 0.717) is 23.1 Å². The lowest BCUT2D eigenvalue weighted by molar-refractivity contribution is -0.142. The lowest BCUT2D eigenvalue weighted by atomic mass is 10.1. The maximum absolute atomic E-state index is 12.0. The summed E-state index contributed by atoms with van der Waals surface area (Å²) in [6, 6.07) is 20.5. The number of aryl methyl sites for hydroxylation is 2. The van der Waals surface area contributed by atoms with Gasteiger partial charge >= 0.3 is 5.97 Å². The third-order valence-electron chi connectivity index (χ3n) is 4.61. The van der Waals surface area contributed by atoms with E-state index < -0.39 is 5.97 Å². The second kappa shape index (κ2) is 11.2. The maximum Gasteiger partial charge on any atom is 0.331 e. The molecule has 0 fully saturated rings. The molecule has 3 aromatic rings. The number of amides is 1. The van der Waals surface area contributed by atoms with Gasteiger partial charge in [0.25, 0.3) is 5.91 Å². The van der Waals surface area contributed by atoms with Crippen molar-refractivity contribution in [1.82, 2.24) is 0 Å². The Hall–Kier alpha value is -3.57. The molecule has 0 saturated heterocycles. The molecule has 0 aliphatic heterocycles. The number of anilines is 1. The van der Waals surface area contributed by atoms with Crippen LogP contribution in [0.25, 0.3) is 6.08 Å². The van der Waals surface area contributed by atoms with E-state index in [-0.39, 0.29) is 12.5 Å². The fourth-order valence-electron chi connectivity index (χ4n) is 2.91. The van der Waals surface area contributed by atoms with Crippen LogP contribution in [-0.4, -0.2) is 18.5 Å². The highest BCUT2D eigenvalue weighted by atomic mass is 35.5. The molecule has 0 aromatic heterocycles. The van der Waals surface area contributed by atoms with Crippen LogP contribution in [0, 0.1) is 13.8 Å². The molecule has 0 radical (unpaired) electrons. The van der Waals surface area contributed by atoms with Gasteiger partial charge in [0.15, 0.2) is 6.61 Å². The van der Waals surface area contributed by atoms with E-state index in [9.17, 15) is 9.59 Å². The monoisotopic (exact) mass is 449 g/mol. The van der Waals surface area contributed by atoms with Crippen molar-refractivity contribution in [2.24, 2.45) is 0 Å². The number of nitrogens with one attached hydrogen (secondary N) is 1. The highest BCUT2D eigenvalue weighted by Crippen LogP contribution is 2.17. The SMILES string of the molecule is Cc1ccc(NC(=O)COC(=O)/C=C/c2ccc(OCc3ccc(Cl)cc3)cc2)c(C)c1. The summed E-state index contributed by atoms with van der Waals surface area (Å²) < 4.78 is 10.7. The van der Waals surface area contributed by atoms with Gasteiger partial charge in [-0.05, 0) is 66.9 Å². The smallest absolute Gasteiger partial charge is 0.331 e. The first-order valence-electron chi connectivity index (χ1n) is 10.1. The summed E-state index contributed by atoms with van der Waals surface area (Å²) in [6.45, 7) is 3.97. The van der Waals surface area contributed by atoms with Gasteiger partial charge < -0.3 is 14.8 Å². The summed E-state index contributed by atoms with van der Waals surface area (Å²) in [7, 11) is 0. The third kappa shape index (κ3) is 7.29. The lowest BCUT2D eigenvalue weighted by Crippen LogP contribution is -2.20. The summed E-state index contributed by atoms with van der Waals surface area (Å²) in [5.74, 6) is -0.271. The molecule has 5 nitrogen and oxygen atoms in total. The Balaban J connectivity index is 1.43. The van der Waals surface area contributed by atoms with Crippen molar-refractivity contribution in [2.45, 2.75) is 20.5 Å². The Morgan fingerprint density at radius 3 is 2.38 bits per heavy atom. The molecule has 0 saturated carbocycles. The van der Waals surface area contributed by atoms with Crippen LogP contribution in [0.15, 0.2) is 72.8 Å². The topological polar surface area (TPSA) is 64.6 Å². The van der Waals surface area contributed by atoms with Crippen LogP contribution in [0.3, 0.4) is 0 Å². The fourth-order valence-corrected chi connectivity index (χ4v) is 3.04. The van der Waals surface area contributed by atoms with Crippen molar-refractivity contribution in [3.63, 3.8) is 0 Å². The molecule has 0 aliphatic carbocycles. The normalized spacial score (nSPS) is 10.7. The van der Waals surface area contributed by atoms with Gasteiger partial charge in [0.05, 0.1) is 0 Å². The van der Waals surface area contributed by atoms with E-state index in [1.54, 1.807) is 6.08 Å². The Bertz CT molecular complexity index is 1110. The quantitative estimate of drug-likeness (QED) is 0.352. The van der Waals surface area contributed by atoms with Gasteiger partial charge in [0.2, 0.25) is 0 Å². The molecule has 0 bridgehead atoms. The molecule has 0 aliphatic rings. The molecular formula is C26H24ClNO4. The number of ether oxygens (including phenoxy) is 2. The van der Waals surface area contributed by atoms with Gasteiger partial charge in [-0.2, -0.15) is 0 Å². The van der Waals surface area contributed by atoms with E-state index >= 15 is 0 Å². The summed E-state index contributed by atoms with van der Waals surface area (Å²) in [5, 5.41) is 3.42. The maximum atomic E-state index is 12.0. The van der Waals surface area contributed by atoms with Crippen LogP contribution in [0.2, 0.25) is 5.02 Å². The van der Waals surface area contributed by atoms with Crippen molar-refractivity contribution in [1.29, 1.82) is 0 Å². The zero-order valence-corrected chi connectivity index (χ0v) is 18.7. The van der Waals surface area contributed by atoms with E-state index in [0.717, 1.165) is 22.3 Å². The van der Waals surface area contributed by atoms with Crippen LogP contribution >= 0.6 is 11.6 Å². The predicted molar refractivity (Wildman–Crippen MR) is 127 cm³/mol. The Labute approximate surface area is 192 Å². The largest absolute Gasteiger partial charge is 0.489 e. The van der Waals surface area contributed by atoms with Crippen LogP contribution in [0.1, 0.15) is 22.3 Å². The van der Waals surface area contributed by atoms with Crippen molar-refractivity contribution < 1.29 is 19.1 Å². The molecule has 0 heterocycles. The predicted octanol–water partition coefficient (Wildman–Crippen LogP) is 5.73. The Morgan fingerprint density at radius 1 is 0.969 bits per heavy atom. The van der Waals surface area contributed by atoms with E-state index in [2.05, 4.69) is 5.32 Å². The average molecular weight is 450 g/mol. The first-order valence-corrected chi connectivity index (χ1v) is 10.5. The van der Waals surface area contributed by atoms with Crippen molar-refractivity contribution in [3.05, 3.63) is 100 Å². The van der Waals surface area contributed by atoms with Crippen LogP contribution in [0.5, 0.6) is 5.75 Å². The molecule has 6 heteroatoms. The second-order valence-electron chi connectivity index (χ2n) is 7.29. The Morgan fingerprint density at radius 2 is 1.69 bits per heavy atom.